The largest absolute Gasteiger partial charge is 0.362 e. The molecule has 0 saturated carbocycles. The Bertz CT molecular complexity index is 155. The summed E-state index contributed by atoms with van der Waals surface area (Å²) in [4.78, 5) is 0. The molecule has 2 nitrogen and oxygen atoms in total. The van der Waals surface area contributed by atoms with Crippen LogP contribution in [0, 0.1) is 12.3 Å². The third-order valence-electron chi connectivity index (χ3n) is 1.73. The van der Waals surface area contributed by atoms with Crippen LogP contribution in [0.5, 0.6) is 0 Å². The van der Waals surface area contributed by atoms with Crippen LogP contribution in [0.4, 0.5) is 4.39 Å². The zero-order valence-corrected chi connectivity index (χ0v) is 6.35. The SMILES string of the molecule is C#CCO[C@H]1CCNC[C@H]1F. The first-order chi connectivity index (χ1) is 5.34. The topological polar surface area (TPSA) is 21.3 Å². The lowest BCUT2D eigenvalue weighted by Crippen LogP contribution is -2.42. The molecule has 0 bridgehead atoms. The number of hydrogen-bond acceptors (Lipinski definition) is 2. The molecule has 0 unspecified atom stereocenters. The maximum absolute atomic E-state index is 12.9. The minimum atomic E-state index is -0.905. The minimum absolute atomic E-state index is 0.213. The molecule has 1 heterocycles. The van der Waals surface area contributed by atoms with Gasteiger partial charge in [0.05, 0.1) is 6.10 Å². The van der Waals surface area contributed by atoms with Gasteiger partial charge in [-0.1, -0.05) is 5.92 Å². The van der Waals surface area contributed by atoms with Gasteiger partial charge in [-0.05, 0) is 13.0 Å². The Morgan fingerprint density at radius 2 is 2.55 bits per heavy atom. The highest BCUT2D eigenvalue weighted by molar-refractivity contribution is 4.86. The van der Waals surface area contributed by atoms with E-state index in [1.807, 2.05) is 0 Å². The average Bonchev–Trinajstić information content (AvgIpc) is 2.03. The summed E-state index contributed by atoms with van der Waals surface area (Å²) in [7, 11) is 0. The first-order valence-corrected chi connectivity index (χ1v) is 3.74. The predicted octanol–water partition coefficient (Wildman–Crippen LogP) is 0.336. The molecule has 0 amide bonds. The second-order valence-corrected chi connectivity index (χ2v) is 2.56. The third kappa shape index (κ3) is 2.49. The summed E-state index contributed by atoms with van der Waals surface area (Å²) < 4.78 is 18.0. The van der Waals surface area contributed by atoms with E-state index >= 15 is 0 Å². The molecule has 0 aromatic rings. The number of terminal acetylenes is 1. The Morgan fingerprint density at radius 3 is 3.18 bits per heavy atom. The van der Waals surface area contributed by atoms with Crippen molar-refractivity contribution in [3.8, 4) is 12.3 Å². The number of rotatable bonds is 2. The molecule has 2 atom stereocenters. The van der Waals surface area contributed by atoms with E-state index in [1.54, 1.807) is 0 Å². The molecule has 11 heavy (non-hydrogen) atoms. The quantitative estimate of drug-likeness (QED) is 0.583. The molecule has 0 aromatic carbocycles. The molecular formula is C8H12FNO. The summed E-state index contributed by atoms with van der Waals surface area (Å²) in [5, 5.41) is 2.93. The van der Waals surface area contributed by atoms with Crippen LogP contribution < -0.4 is 5.32 Å². The summed E-state index contributed by atoms with van der Waals surface area (Å²) in [5.74, 6) is 2.33. The number of hydrogen-bond donors (Lipinski definition) is 1. The van der Waals surface area contributed by atoms with Crippen LogP contribution >= 0.6 is 0 Å². The molecule has 0 radical (unpaired) electrons. The molecule has 0 spiro atoms. The zero-order chi connectivity index (χ0) is 8.10. The van der Waals surface area contributed by atoms with Crippen molar-refractivity contribution >= 4 is 0 Å². The lowest BCUT2D eigenvalue weighted by atomic mass is 10.1. The molecular weight excluding hydrogens is 145 g/mol. The Kier molecular flexibility index (Phi) is 3.34. The van der Waals surface area contributed by atoms with Crippen molar-refractivity contribution in [2.75, 3.05) is 19.7 Å². The van der Waals surface area contributed by atoms with Crippen LogP contribution in [0.2, 0.25) is 0 Å². The fourth-order valence-electron chi connectivity index (χ4n) is 1.14. The second-order valence-electron chi connectivity index (χ2n) is 2.56. The van der Waals surface area contributed by atoms with Crippen LogP contribution in [0.15, 0.2) is 0 Å². The Labute approximate surface area is 66.1 Å². The standard InChI is InChI=1S/C8H12FNO/c1-2-5-11-8-3-4-10-6-7(8)9/h1,7-8,10H,3-6H2/t7-,8+/m1/s1. The zero-order valence-electron chi connectivity index (χ0n) is 6.35. The average molecular weight is 157 g/mol. The van der Waals surface area contributed by atoms with Gasteiger partial charge in [0.1, 0.15) is 12.8 Å². The second kappa shape index (κ2) is 4.32. The molecule has 1 aliphatic rings. The van der Waals surface area contributed by atoms with Crippen molar-refractivity contribution in [3.63, 3.8) is 0 Å². The first kappa shape index (κ1) is 8.51. The van der Waals surface area contributed by atoms with Gasteiger partial charge < -0.3 is 10.1 Å². The van der Waals surface area contributed by atoms with E-state index in [0.717, 1.165) is 6.54 Å². The van der Waals surface area contributed by atoms with Gasteiger partial charge in [-0.25, -0.2) is 4.39 Å². The normalized spacial score (nSPS) is 31.3. The molecule has 1 fully saturated rings. The number of ether oxygens (including phenoxy) is 1. The van der Waals surface area contributed by atoms with Crippen LogP contribution in [0.1, 0.15) is 6.42 Å². The monoisotopic (exact) mass is 157 g/mol. The number of alkyl halides is 1. The smallest absolute Gasteiger partial charge is 0.139 e. The van der Waals surface area contributed by atoms with Crippen molar-refractivity contribution in [2.24, 2.45) is 0 Å². The van der Waals surface area contributed by atoms with E-state index < -0.39 is 6.17 Å². The third-order valence-corrected chi connectivity index (χ3v) is 1.73. The minimum Gasteiger partial charge on any atom is -0.362 e. The van der Waals surface area contributed by atoms with E-state index in [1.165, 1.54) is 0 Å². The summed E-state index contributed by atoms with van der Waals surface area (Å²) in [5.41, 5.74) is 0. The van der Waals surface area contributed by atoms with Gasteiger partial charge in [-0.15, -0.1) is 6.42 Å². The van der Waals surface area contributed by atoms with Gasteiger partial charge in [0.15, 0.2) is 0 Å². The summed E-state index contributed by atoms with van der Waals surface area (Å²) in [6.07, 6.45) is 4.48. The fourth-order valence-corrected chi connectivity index (χ4v) is 1.14. The predicted molar refractivity (Wildman–Crippen MR) is 41.0 cm³/mol. The van der Waals surface area contributed by atoms with Crippen molar-refractivity contribution in [1.29, 1.82) is 0 Å². The highest BCUT2D eigenvalue weighted by Gasteiger charge is 2.24. The maximum Gasteiger partial charge on any atom is 0.139 e. The summed E-state index contributed by atoms with van der Waals surface area (Å²) in [6, 6.07) is 0. The van der Waals surface area contributed by atoms with Crippen LogP contribution in [0.25, 0.3) is 0 Å². The molecule has 62 valence electrons. The van der Waals surface area contributed by atoms with Crippen LogP contribution in [-0.2, 0) is 4.74 Å². The highest BCUT2D eigenvalue weighted by Crippen LogP contribution is 2.10. The van der Waals surface area contributed by atoms with E-state index in [0.29, 0.717) is 13.0 Å². The molecule has 1 saturated heterocycles. The molecule has 1 aliphatic heterocycles. The molecule has 1 N–H and O–H groups in total. The molecule has 0 aliphatic carbocycles. The van der Waals surface area contributed by atoms with Gasteiger partial charge in [-0.3, -0.25) is 0 Å². The molecule has 1 rings (SSSR count). The van der Waals surface area contributed by atoms with Crippen LogP contribution in [-0.4, -0.2) is 32.0 Å². The van der Waals surface area contributed by atoms with Crippen molar-refractivity contribution in [1.82, 2.24) is 5.32 Å². The van der Waals surface area contributed by atoms with Gasteiger partial charge in [0.2, 0.25) is 0 Å². The van der Waals surface area contributed by atoms with E-state index in [2.05, 4.69) is 11.2 Å². The molecule has 0 aromatic heterocycles. The summed E-state index contributed by atoms with van der Waals surface area (Å²) >= 11 is 0. The lowest BCUT2D eigenvalue weighted by molar-refractivity contribution is -0.00235. The van der Waals surface area contributed by atoms with Crippen molar-refractivity contribution in [3.05, 3.63) is 0 Å². The van der Waals surface area contributed by atoms with Gasteiger partial charge in [0, 0.05) is 6.54 Å². The Hall–Kier alpha value is -0.590. The maximum atomic E-state index is 12.9. The number of piperidine rings is 1. The Balaban J connectivity index is 2.25. The van der Waals surface area contributed by atoms with Gasteiger partial charge in [-0.2, -0.15) is 0 Å². The van der Waals surface area contributed by atoms with Crippen molar-refractivity contribution < 1.29 is 9.13 Å². The fraction of sp³-hybridized carbons (Fsp3) is 0.750. The van der Waals surface area contributed by atoms with Gasteiger partial charge in [0.25, 0.3) is 0 Å². The molecule has 3 heteroatoms. The first-order valence-electron chi connectivity index (χ1n) is 3.74. The summed E-state index contributed by atoms with van der Waals surface area (Å²) in [6.45, 7) is 1.41. The number of halogens is 1. The number of nitrogens with one attached hydrogen (secondary N) is 1. The van der Waals surface area contributed by atoms with E-state index in [-0.39, 0.29) is 12.7 Å². The van der Waals surface area contributed by atoms with E-state index in [9.17, 15) is 4.39 Å². The lowest BCUT2D eigenvalue weighted by Gasteiger charge is -2.25. The van der Waals surface area contributed by atoms with Gasteiger partial charge >= 0.3 is 0 Å². The Morgan fingerprint density at radius 1 is 1.73 bits per heavy atom. The van der Waals surface area contributed by atoms with Crippen LogP contribution in [0.3, 0.4) is 0 Å². The highest BCUT2D eigenvalue weighted by atomic mass is 19.1. The van der Waals surface area contributed by atoms with Crippen molar-refractivity contribution in [2.45, 2.75) is 18.7 Å². The van der Waals surface area contributed by atoms with E-state index in [4.69, 9.17) is 11.2 Å².